The van der Waals surface area contributed by atoms with E-state index in [9.17, 15) is 13.6 Å². The Kier molecular flexibility index (Phi) is 6.35. The van der Waals surface area contributed by atoms with Crippen LogP contribution >= 0.6 is 0 Å². The smallest absolute Gasteiger partial charge is 0.410 e. The minimum atomic E-state index is -0.901. The molecule has 1 aromatic carbocycles. The molecule has 0 N–H and O–H groups in total. The van der Waals surface area contributed by atoms with Crippen LogP contribution in [-0.2, 0) is 4.74 Å². The fourth-order valence-corrected chi connectivity index (χ4v) is 6.98. The maximum absolute atomic E-state index is 15.1. The molecule has 4 aliphatic heterocycles. The number of aryl methyl sites for hydroxylation is 1. The fourth-order valence-electron chi connectivity index (χ4n) is 6.98. The number of piperazine rings is 1. The zero-order chi connectivity index (χ0) is 27.7. The molecule has 2 aromatic rings. The summed E-state index contributed by atoms with van der Waals surface area (Å²) in [4.78, 5) is 27.9. The quantitative estimate of drug-likeness (QED) is 0.547. The number of hydrogen-bond donors (Lipinski definition) is 0. The first-order valence-corrected chi connectivity index (χ1v) is 13.9. The topological polar surface area (TPSA) is 71.0 Å². The Morgan fingerprint density at radius 3 is 2.54 bits per heavy atom. The van der Waals surface area contributed by atoms with Crippen molar-refractivity contribution in [2.75, 3.05) is 37.7 Å². The average molecular weight is 548 g/mol. The highest BCUT2D eigenvalue weighted by atomic mass is 19.1. The van der Waals surface area contributed by atoms with Crippen molar-refractivity contribution in [3.8, 4) is 6.01 Å². The third-order valence-corrected chi connectivity index (χ3v) is 8.70. The Bertz CT molecular complexity index is 1290. The highest BCUT2D eigenvalue weighted by molar-refractivity contribution is 5.93. The second-order valence-electron chi connectivity index (χ2n) is 12.6. The van der Waals surface area contributed by atoms with Crippen LogP contribution in [-0.4, -0.2) is 88.0 Å². The Morgan fingerprint density at radius 2 is 1.85 bits per heavy atom. The number of carbonyl (C=O) groups excluding carboxylic acids is 1. The van der Waals surface area contributed by atoms with Gasteiger partial charge >= 0.3 is 12.1 Å². The van der Waals surface area contributed by atoms with E-state index >= 15 is 4.39 Å². The number of aromatic nitrogens is 2. The first kappa shape index (κ1) is 26.4. The molecule has 0 spiro atoms. The van der Waals surface area contributed by atoms with E-state index in [1.165, 1.54) is 0 Å². The van der Waals surface area contributed by atoms with Crippen LogP contribution < -0.4 is 9.64 Å². The van der Waals surface area contributed by atoms with Crippen LogP contribution in [0, 0.1) is 18.6 Å². The van der Waals surface area contributed by atoms with Crippen molar-refractivity contribution >= 4 is 22.8 Å². The average Bonchev–Trinajstić information content (AvgIpc) is 3.47. The molecule has 4 atom stereocenters. The first-order chi connectivity index (χ1) is 18.4. The molecule has 212 valence electrons. The number of amides is 1. The van der Waals surface area contributed by atoms with E-state index in [1.807, 2.05) is 25.7 Å². The SMILES string of the molecule is Cc1c(F)cc(F)c2nc(OC[C@@]34CCCN3C[C@H](F)C4)nc(N3CC4CCC(C3)N4C(=O)OC(C)(C)C)c12. The predicted molar refractivity (Wildman–Crippen MR) is 140 cm³/mol. The van der Waals surface area contributed by atoms with Gasteiger partial charge in [0, 0.05) is 32.1 Å². The van der Waals surface area contributed by atoms with Gasteiger partial charge in [-0.2, -0.15) is 9.97 Å². The second kappa shape index (κ2) is 9.38. The van der Waals surface area contributed by atoms with E-state index in [-0.39, 0.29) is 41.9 Å². The number of rotatable bonds is 4. The number of halogens is 3. The summed E-state index contributed by atoms with van der Waals surface area (Å²) in [6.45, 7) is 9.42. The van der Waals surface area contributed by atoms with Crippen LogP contribution in [0.5, 0.6) is 6.01 Å². The number of benzene rings is 1. The highest BCUT2D eigenvalue weighted by Crippen LogP contribution is 2.41. The summed E-state index contributed by atoms with van der Waals surface area (Å²) in [6.07, 6.45) is 2.54. The van der Waals surface area contributed by atoms with Crippen molar-refractivity contribution < 1.29 is 27.4 Å². The molecule has 4 fully saturated rings. The molecule has 0 radical (unpaired) electrons. The Morgan fingerprint density at radius 1 is 1.13 bits per heavy atom. The number of hydrogen-bond acceptors (Lipinski definition) is 7. The summed E-state index contributed by atoms with van der Waals surface area (Å²) in [5.74, 6) is -1.07. The molecule has 0 saturated carbocycles. The molecule has 1 amide bonds. The van der Waals surface area contributed by atoms with Crippen molar-refractivity contribution in [3.05, 3.63) is 23.3 Å². The van der Waals surface area contributed by atoms with E-state index in [0.717, 1.165) is 38.3 Å². The zero-order valence-electron chi connectivity index (χ0n) is 23.0. The van der Waals surface area contributed by atoms with Gasteiger partial charge in [-0.05, 0) is 65.5 Å². The molecule has 0 aliphatic carbocycles. The third-order valence-electron chi connectivity index (χ3n) is 8.70. The van der Waals surface area contributed by atoms with Gasteiger partial charge in [0.25, 0.3) is 0 Å². The number of ether oxygens (including phenoxy) is 2. The van der Waals surface area contributed by atoms with E-state index in [1.54, 1.807) is 11.8 Å². The summed E-state index contributed by atoms with van der Waals surface area (Å²) < 4.78 is 55.9. The Labute approximate surface area is 226 Å². The van der Waals surface area contributed by atoms with Crippen molar-refractivity contribution in [1.82, 2.24) is 19.8 Å². The van der Waals surface area contributed by atoms with Crippen molar-refractivity contribution in [3.63, 3.8) is 0 Å². The maximum Gasteiger partial charge on any atom is 0.410 e. The van der Waals surface area contributed by atoms with Gasteiger partial charge < -0.3 is 14.4 Å². The van der Waals surface area contributed by atoms with Crippen LogP contribution in [0.15, 0.2) is 6.07 Å². The predicted octanol–water partition coefficient (Wildman–Crippen LogP) is 4.76. The molecule has 39 heavy (non-hydrogen) atoms. The van der Waals surface area contributed by atoms with Gasteiger partial charge in [0.1, 0.15) is 35.5 Å². The van der Waals surface area contributed by atoms with Crippen molar-refractivity contribution in [2.45, 2.75) is 89.2 Å². The van der Waals surface area contributed by atoms with E-state index in [4.69, 9.17) is 14.5 Å². The molecular weight excluding hydrogens is 511 g/mol. The van der Waals surface area contributed by atoms with Gasteiger partial charge in [0.2, 0.25) is 0 Å². The van der Waals surface area contributed by atoms with Crippen LogP contribution in [0.1, 0.15) is 58.4 Å². The maximum atomic E-state index is 15.1. The fraction of sp³-hybridized carbons (Fsp3) is 0.679. The summed E-state index contributed by atoms with van der Waals surface area (Å²) in [5.41, 5.74) is -0.768. The van der Waals surface area contributed by atoms with Gasteiger partial charge in [-0.1, -0.05) is 0 Å². The number of nitrogens with zero attached hydrogens (tertiary/aromatic N) is 5. The summed E-state index contributed by atoms with van der Waals surface area (Å²) >= 11 is 0. The van der Waals surface area contributed by atoms with Crippen LogP contribution in [0.3, 0.4) is 0 Å². The summed E-state index contributed by atoms with van der Waals surface area (Å²) in [5, 5.41) is 0.301. The molecule has 4 aliphatic rings. The summed E-state index contributed by atoms with van der Waals surface area (Å²) in [6, 6.07) is 0.604. The molecule has 1 aromatic heterocycles. The number of carbonyl (C=O) groups is 1. The lowest BCUT2D eigenvalue weighted by Crippen LogP contribution is -2.57. The molecular formula is C28H36F3N5O3. The van der Waals surface area contributed by atoms with Gasteiger partial charge in [-0.3, -0.25) is 9.80 Å². The second-order valence-corrected chi connectivity index (χ2v) is 12.6. The van der Waals surface area contributed by atoms with E-state index in [2.05, 4.69) is 9.88 Å². The minimum Gasteiger partial charge on any atom is -0.461 e. The van der Waals surface area contributed by atoms with Crippen LogP contribution in [0.25, 0.3) is 10.9 Å². The lowest BCUT2D eigenvalue weighted by molar-refractivity contribution is 0.0122. The molecule has 11 heteroatoms. The number of alkyl halides is 1. The van der Waals surface area contributed by atoms with Crippen molar-refractivity contribution in [2.24, 2.45) is 0 Å². The third kappa shape index (κ3) is 4.66. The molecule has 6 rings (SSSR count). The monoisotopic (exact) mass is 547 g/mol. The normalized spacial score (nSPS) is 28.8. The lowest BCUT2D eigenvalue weighted by Gasteiger charge is -2.42. The number of anilines is 1. The first-order valence-electron chi connectivity index (χ1n) is 13.9. The van der Waals surface area contributed by atoms with Gasteiger partial charge in [-0.25, -0.2) is 18.0 Å². The molecule has 4 saturated heterocycles. The van der Waals surface area contributed by atoms with Crippen molar-refractivity contribution in [1.29, 1.82) is 0 Å². The Hall–Kier alpha value is -2.82. The van der Waals surface area contributed by atoms with E-state index in [0.29, 0.717) is 37.3 Å². The lowest BCUT2D eigenvalue weighted by atomic mass is 9.95. The van der Waals surface area contributed by atoms with Gasteiger partial charge in [0.15, 0.2) is 5.82 Å². The number of fused-ring (bicyclic) bond motifs is 4. The Balaban J connectivity index is 1.33. The minimum absolute atomic E-state index is 0.00661. The zero-order valence-corrected chi connectivity index (χ0v) is 23.0. The summed E-state index contributed by atoms with van der Waals surface area (Å²) in [7, 11) is 0. The largest absolute Gasteiger partial charge is 0.461 e. The van der Waals surface area contributed by atoms with Crippen LogP contribution in [0.4, 0.5) is 23.8 Å². The standard InChI is InChI=1S/C28H36F3N5O3/c1-16-20(30)10-21(31)23-22(16)24(33-25(32-23)38-15-28-8-5-9-35(28)12-17(29)11-28)34-13-18-6-7-19(14-34)36(18)26(37)39-27(2,3)4/h10,17-19H,5-9,11-15H2,1-4H3/t17-,18?,19?,28+/m1/s1. The highest BCUT2D eigenvalue weighted by Gasteiger charge is 2.50. The molecule has 8 nitrogen and oxygen atoms in total. The van der Waals surface area contributed by atoms with Crippen LogP contribution in [0.2, 0.25) is 0 Å². The molecule has 5 heterocycles. The molecule has 2 bridgehead atoms. The van der Waals surface area contributed by atoms with Gasteiger partial charge in [0.05, 0.1) is 23.0 Å². The van der Waals surface area contributed by atoms with E-state index < -0.39 is 28.9 Å². The molecule has 2 unspecified atom stereocenters. The van der Waals surface area contributed by atoms with Gasteiger partial charge in [-0.15, -0.1) is 0 Å².